The van der Waals surface area contributed by atoms with E-state index in [0.29, 0.717) is 16.1 Å². The van der Waals surface area contributed by atoms with Crippen molar-refractivity contribution in [1.29, 1.82) is 0 Å². The molecule has 2 heterocycles. The van der Waals surface area contributed by atoms with Crippen LogP contribution in [0.2, 0.25) is 0 Å². The van der Waals surface area contributed by atoms with E-state index in [9.17, 15) is 4.39 Å². The molecular formula is C12H8BrFN4OS. The molecule has 102 valence electrons. The Hall–Kier alpha value is -1.77. The highest BCUT2D eigenvalue weighted by Gasteiger charge is 2.11. The van der Waals surface area contributed by atoms with E-state index in [1.165, 1.54) is 17.4 Å². The Labute approximate surface area is 125 Å². The summed E-state index contributed by atoms with van der Waals surface area (Å²) in [7, 11) is 0. The summed E-state index contributed by atoms with van der Waals surface area (Å²) < 4.78 is 19.5. The number of fused-ring (bicyclic) bond motifs is 1. The molecule has 8 heteroatoms. The molecule has 0 amide bonds. The maximum absolute atomic E-state index is 13.5. The third-order valence-corrected chi connectivity index (χ3v) is 3.97. The fourth-order valence-electron chi connectivity index (χ4n) is 1.62. The van der Waals surface area contributed by atoms with E-state index in [-0.39, 0.29) is 5.95 Å². The molecule has 0 unspecified atom stereocenters. The van der Waals surface area contributed by atoms with Gasteiger partial charge in [-0.1, -0.05) is 0 Å². The molecule has 2 aromatic heterocycles. The van der Waals surface area contributed by atoms with Crippen molar-refractivity contribution in [2.24, 2.45) is 5.84 Å². The molecule has 0 radical (unpaired) electrons. The average Bonchev–Trinajstić information content (AvgIpc) is 2.91. The maximum atomic E-state index is 13.5. The van der Waals surface area contributed by atoms with Gasteiger partial charge >= 0.3 is 0 Å². The summed E-state index contributed by atoms with van der Waals surface area (Å²) in [6.07, 6.45) is 0. The average molecular weight is 355 g/mol. The van der Waals surface area contributed by atoms with Crippen LogP contribution in [0, 0.1) is 5.82 Å². The zero-order valence-electron chi connectivity index (χ0n) is 9.93. The second kappa shape index (κ2) is 5.31. The van der Waals surface area contributed by atoms with Gasteiger partial charge in [-0.2, -0.15) is 4.98 Å². The van der Waals surface area contributed by atoms with Crippen molar-refractivity contribution in [2.45, 2.75) is 0 Å². The highest BCUT2D eigenvalue weighted by atomic mass is 79.9. The molecular weight excluding hydrogens is 347 g/mol. The van der Waals surface area contributed by atoms with Crippen molar-refractivity contribution in [3.05, 3.63) is 39.9 Å². The van der Waals surface area contributed by atoms with Gasteiger partial charge in [-0.05, 0) is 39.5 Å². The minimum atomic E-state index is -0.407. The lowest BCUT2D eigenvalue weighted by Crippen LogP contribution is -2.10. The van der Waals surface area contributed by atoms with Gasteiger partial charge in [0.05, 0.1) is 9.86 Å². The minimum Gasteiger partial charge on any atom is -0.438 e. The first-order chi connectivity index (χ1) is 9.67. The van der Waals surface area contributed by atoms with Crippen LogP contribution >= 0.6 is 27.3 Å². The smallest absolute Gasteiger partial charge is 0.241 e. The third-order valence-electron chi connectivity index (χ3n) is 2.52. The van der Waals surface area contributed by atoms with Gasteiger partial charge in [-0.3, -0.25) is 5.43 Å². The topological polar surface area (TPSA) is 73.1 Å². The Balaban J connectivity index is 2.04. The molecule has 3 rings (SSSR count). The molecule has 0 fully saturated rings. The van der Waals surface area contributed by atoms with E-state index in [1.807, 2.05) is 11.4 Å². The molecule has 0 aliphatic rings. The van der Waals surface area contributed by atoms with Gasteiger partial charge in [0.2, 0.25) is 11.8 Å². The first-order valence-electron chi connectivity index (χ1n) is 5.52. The second-order valence-corrected chi connectivity index (χ2v) is 5.56. The van der Waals surface area contributed by atoms with Crippen molar-refractivity contribution >= 4 is 43.4 Å². The van der Waals surface area contributed by atoms with E-state index in [4.69, 9.17) is 10.6 Å². The summed E-state index contributed by atoms with van der Waals surface area (Å²) in [6.45, 7) is 0. The van der Waals surface area contributed by atoms with Crippen molar-refractivity contribution in [3.63, 3.8) is 0 Å². The summed E-state index contributed by atoms with van der Waals surface area (Å²) in [5.74, 6) is 5.83. The SMILES string of the molecule is NNc1nc(Oc2ccc(Br)c(F)c2)c2ccsc2n1. The predicted octanol–water partition coefficient (Wildman–Crippen LogP) is 3.67. The zero-order chi connectivity index (χ0) is 14.1. The number of benzene rings is 1. The third kappa shape index (κ3) is 2.45. The van der Waals surface area contributed by atoms with Crippen LogP contribution in [0.25, 0.3) is 10.2 Å². The minimum absolute atomic E-state index is 0.243. The van der Waals surface area contributed by atoms with Gasteiger partial charge in [0.15, 0.2) is 0 Å². The number of halogens is 2. The van der Waals surface area contributed by atoms with Crippen LogP contribution in [-0.2, 0) is 0 Å². The van der Waals surface area contributed by atoms with E-state index in [2.05, 4.69) is 31.3 Å². The first kappa shape index (κ1) is 13.2. The fraction of sp³-hybridized carbons (Fsp3) is 0. The van der Waals surface area contributed by atoms with Crippen molar-refractivity contribution < 1.29 is 9.13 Å². The number of hydrazine groups is 1. The van der Waals surface area contributed by atoms with Crippen LogP contribution in [-0.4, -0.2) is 9.97 Å². The Morgan fingerprint density at radius 2 is 2.15 bits per heavy atom. The lowest BCUT2D eigenvalue weighted by Gasteiger charge is -2.08. The number of hydrogen-bond donors (Lipinski definition) is 2. The molecule has 0 saturated carbocycles. The number of aromatic nitrogens is 2. The van der Waals surface area contributed by atoms with Crippen molar-refractivity contribution in [1.82, 2.24) is 9.97 Å². The van der Waals surface area contributed by atoms with Crippen LogP contribution in [0.1, 0.15) is 0 Å². The Kier molecular flexibility index (Phi) is 3.51. The summed E-state index contributed by atoms with van der Waals surface area (Å²) in [5, 5.41) is 2.62. The van der Waals surface area contributed by atoms with Crippen LogP contribution in [0.4, 0.5) is 10.3 Å². The summed E-state index contributed by atoms with van der Waals surface area (Å²) in [6, 6.07) is 6.33. The maximum Gasteiger partial charge on any atom is 0.241 e. The molecule has 1 aromatic carbocycles. The molecule has 0 aliphatic carbocycles. The van der Waals surface area contributed by atoms with E-state index in [0.717, 1.165) is 10.2 Å². The molecule has 3 aromatic rings. The first-order valence-corrected chi connectivity index (χ1v) is 7.19. The van der Waals surface area contributed by atoms with Gasteiger partial charge in [0.25, 0.3) is 0 Å². The standard InChI is InChI=1S/C12H8BrFN4OS/c13-8-2-1-6(5-9(8)14)19-10-7-3-4-20-11(7)17-12(16-10)18-15/h1-5H,15H2,(H,16,17,18). The fourth-order valence-corrected chi connectivity index (χ4v) is 2.62. The lowest BCUT2D eigenvalue weighted by atomic mass is 10.3. The van der Waals surface area contributed by atoms with Crippen LogP contribution in [0.3, 0.4) is 0 Å². The van der Waals surface area contributed by atoms with E-state index in [1.54, 1.807) is 12.1 Å². The molecule has 0 bridgehead atoms. The number of nitrogen functional groups attached to an aromatic ring is 1. The number of nitrogens with two attached hydrogens (primary N) is 1. The van der Waals surface area contributed by atoms with Gasteiger partial charge in [-0.25, -0.2) is 15.2 Å². The monoisotopic (exact) mass is 354 g/mol. The Morgan fingerprint density at radius 3 is 2.90 bits per heavy atom. The van der Waals surface area contributed by atoms with Crippen LogP contribution in [0.15, 0.2) is 34.1 Å². The molecule has 5 nitrogen and oxygen atoms in total. The molecule has 3 N–H and O–H groups in total. The number of anilines is 1. The molecule has 0 atom stereocenters. The number of ether oxygens (including phenoxy) is 1. The van der Waals surface area contributed by atoms with Gasteiger partial charge in [0, 0.05) is 6.07 Å². The quantitative estimate of drug-likeness (QED) is 0.554. The van der Waals surface area contributed by atoms with Crippen molar-refractivity contribution in [3.8, 4) is 11.6 Å². The van der Waals surface area contributed by atoms with Gasteiger partial charge in [-0.15, -0.1) is 11.3 Å². The highest BCUT2D eigenvalue weighted by Crippen LogP contribution is 2.32. The normalized spacial score (nSPS) is 10.8. The number of nitrogens with zero attached hydrogens (tertiary/aromatic N) is 2. The highest BCUT2D eigenvalue weighted by molar-refractivity contribution is 9.10. The largest absolute Gasteiger partial charge is 0.438 e. The van der Waals surface area contributed by atoms with E-state index >= 15 is 0 Å². The molecule has 0 saturated heterocycles. The predicted molar refractivity (Wildman–Crippen MR) is 79.4 cm³/mol. The van der Waals surface area contributed by atoms with Crippen LogP contribution < -0.4 is 16.0 Å². The van der Waals surface area contributed by atoms with Crippen molar-refractivity contribution in [2.75, 3.05) is 5.43 Å². The molecule has 20 heavy (non-hydrogen) atoms. The van der Waals surface area contributed by atoms with E-state index < -0.39 is 5.82 Å². The summed E-state index contributed by atoms with van der Waals surface area (Å²) in [4.78, 5) is 9.08. The number of rotatable bonds is 3. The molecule has 0 spiro atoms. The number of hydrogen-bond acceptors (Lipinski definition) is 6. The summed E-state index contributed by atoms with van der Waals surface area (Å²) in [5.41, 5.74) is 2.38. The van der Waals surface area contributed by atoms with Gasteiger partial charge in [0.1, 0.15) is 16.4 Å². The second-order valence-electron chi connectivity index (χ2n) is 3.81. The summed E-state index contributed by atoms with van der Waals surface area (Å²) >= 11 is 4.53. The number of nitrogens with one attached hydrogen (secondary N) is 1. The van der Waals surface area contributed by atoms with Crippen LogP contribution in [0.5, 0.6) is 11.6 Å². The Bertz CT molecular complexity index is 779. The Morgan fingerprint density at radius 1 is 1.30 bits per heavy atom. The lowest BCUT2D eigenvalue weighted by molar-refractivity contribution is 0.463. The zero-order valence-corrected chi connectivity index (χ0v) is 12.3. The van der Waals surface area contributed by atoms with Gasteiger partial charge < -0.3 is 4.74 Å². The molecule has 0 aliphatic heterocycles. The number of thiophene rings is 1.